The summed E-state index contributed by atoms with van der Waals surface area (Å²) in [6, 6.07) is 0. The van der Waals surface area contributed by atoms with E-state index in [-0.39, 0.29) is 18.8 Å². The van der Waals surface area contributed by atoms with E-state index in [1.54, 1.807) is 0 Å². The van der Waals surface area contributed by atoms with Gasteiger partial charge in [0.15, 0.2) is 5.60 Å². The third-order valence-corrected chi connectivity index (χ3v) is 2.63. The zero-order valence-corrected chi connectivity index (χ0v) is 8.61. The molecule has 0 aromatic carbocycles. The van der Waals surface area contributed by atoms with Crippen molar-refractivity contribution in [3.63, 3.8) is 0 Å². The predicted molar refractivity (Wildman–Crippen MR) is 47.5 cm³/mol. The molecular weight excluding hydrogens is 235 g/mol. The molecule has 0 spiro atoms. The molecule has 0 aliphatic carbocycles. The van der Waals surface area contributed by atoms with Gasteiger partial charge in [0.25, 0.3) is 0 Å². The molecule has 1 amide bonds. The molecule has 0 aromatic rings. The van der Waals surface area contributed by atoms with Crippen LogP contribution in [0.1, 0.15) is 12.8 Å². The second-order valence-electron chi connectivity index (χ2n) is 3.53. The van der Waals surface area contributed by atoms with Crippen LogP contribution in [0.3, 0.4) is 0 Å². The van der Waals surface area contributed by atoms with Crippen molar-refractivity contribution >= 4 is 17.5 Å². The number of aliphatic hydroxyl groups is 1. The number of amides is 1. The minimum Gasteiger partial charge on any atom is -0.379 e. The van der Waals surface area contributed by atoms with Gasteiger partial charge in [0.2, 0.25) is 5.91 Å². The molecule has 1 fully saturated rings. The van der Waals surface area contributed by atoms with Crippen molar-refractivity contribution in [2.24, 2.45) is 0 Å². The van der Waals surface area contributed by atoms with Crippen LogP contribution in [0.15, 0.2) is 0 Å². The summed E-state index contributed by atoms with van der Waals surface area (Å²) in [7, 11) is 0. The summed E-state index contributed by atoms with van der Waals surface area (Å²) in [5.74, 6) is -0.384. The predicted octanol–water partition coefficient (Wildman–Crippen LogP) is 1.14. The number of hydrogen-bond acceptors (Lipinski definition) is 2. The number of likely N-dealkylation sites (tertiary alicyclic amines) is 1. The van der Waals surface area contributed by atoms with E-state index < -0.39 is 30.7 Å². The summed E-state index contributed by atoms with van der Waals surface area (Å²) in [6.45, 7) is -0.766. The lowest BCUT2D eigenvalue weighted by atomic mass is 10.0. The standard InChI is InChI=1S/C8H11ClF3NO2/c9-3-1-6(14)13-4-2-7(15,5-13)8(10,11)12/h15H,1-5H2. The first kappa shape index (κ1) is 12.6. The van der Waals surface area contributed by atoms with E-state index >= 15 is 0 Å². The van der Waals surface area contributed by atoms with Gasteiger partial charge in [-0.2, -0.15) is 13.2 Å². The van der Waals surface area contributed by atoms with Crippen LogP contribution in [-0.2, 0) is 4.79 Å². The topological polar surface area (TPSA) is 40.5 Å². The number of alkyl halides is 4. The van der Waals surface area contributed by atoms with Gasteiger partial charge in [-0.05, 0) is 0 Å². The summed E-state index contributed by atoms with van der Waals surface area (Å²) in [5, 5.41) is 9.26. The number of carbonyl (C=O) groups excluding carboxylic acids is 1. The van der Waals surface area contributed by atoms with Crippen LogP contribution in [0, 0.1) is 0 Å². The Hall–Kier alpha value is -0.490. The highest BCUT2D eigenvalue weighted by Crippen LogP contribution is 2.37. The Bertz CT molecular complexity index is 259. The van der Waals surface area contributed by atoms with Crippen LogP contribution in [0.5, 0.6) is 0 Å². The summed E-state index contributed by atoms with van der Waals surface area (Å²) in [5.41, 5.74) is -2.75. The van der Waals surface area contributed by atoms with Crippen molar-refractivity contribution in [1.82, 2.24) is 4.90 Å². The number of β-amino-alcohol motifs (C(OH)–C–C–N with tert-alkyl or cyclic N) is 1. The Morgan fingerprint density at radius 2 is 2.13 bits per heavy atom. The highest BCUT2D eigenvalue weighted by molar-refractivity contribution is 6.18. The minimum absolute atomic E-state index is 0.00447. The molecule has 0 saturated carbocycles. The number of halogens is 4. The van der Waals surface area contributed by atoms with Crippen LogP contribution in [0.2, 0.25) is 0 Å². The molecule has 0 radical (unpaired) electrons. The van der Waals surface area contributed by atoms with Crippen molar-refractivity contribution in [3.8, 4) is 0 Å². The lowest BCUT2D eigenvalue weighted by Gasteiger charge is -2.25. The Morgan fingerprint density at radius 1 is 1.53 bits per heavy atom. The van der Waals surface area contributed by atoms with Crippen molar-refractivity contribution < 1.29 is 23.1 Å². The Morgan fingerprint density at radius 3 is 2.53 bits per heavy atom. The van der Waals surface area contributed by atoms with Gasteiger partial charge in [0, 0.05) is 25.3 Å². The van der Waals surface area contributed by atoms with Crippen LogP contribution < -0.4 is 0 Å². The molecule has 7 heteroatoms. The van der Waals surface area contributed by atoms with Crippen molar-refractivity contribution in [2.45, 2.75) is 24.6 Å². The molecule has 1 N–H and O–H groups in total. The monoisotopic (exact) mass is 245 g/mol. The Kier molecular flexibility index (Phi) is 3.50. The first-order valence-electron chi connectivity index (χ1n) is 4.43. The molecule has 0 aromatic heterocycles. The zero-order chi connectivity index (χ0) is 11.7. The summed E-state index contributed by atoms with van der Waals surface area (Å²) in [4.78, 5) is 12.2. The summed E-state index contributed by atoms with van der Waals surface area (Å²) >= 11 is 5.30. The van der Waals surface area contributed by atoms with Crippen molar-refractivity contribution in [3.05, 3.63) is 0 Å². The van der Waals surface area contributed by atoms with Crippen LogP contribution in [-0.4, -0.2) is 46.7 Å². The van der Waals surface area contributed by atoms with E-state index in [4.69, 9.17) is 11.6 Å². The minimum atomic E-state index is -4.69. The molecule has 0 bridgehead atoms. The van der Waals surface area contributed by atoms with Crippen LogP contribution >= 0.6 is 11.6 Å². The van der Waals surface area contributed by atoms with E-state index in [0.717, 1.165) is 4.90 Å². The Labute approximate surface area is 89.8 Å². The lowest BCUT2D eigenvalue weighted by Crippen LogP contribution is -2.48. The van der Waals surface area contributed by atoms with Gasteiger partial charge in [-0.3, -0.25) is 4.79 Å². The zero-order valence-electron chi connectivity index (χ0n) is 7.85. The molecule has 15 heavy (non-hydrogen) atoms. The molecule has 1 unspecified atom stereocenters. The Balaban J connectivity index is 2.63. The maximum absolute atomic E-state index is 12.4. The molecule has 1 atom stereocenters. The number of rotatable bonds is 2. The van der Waals surface area contributed by atoms with Crippen LogP contribution in [0.25, 0.3) is 0 Å². The fourth-order valence-corrected chi connectivity index (χ4v) is 1.64. The third-order valence-electron chi connectivity index (χ3n) is 2.44. The van der Waals surface area contributed by atoms with E-state index in [1.165, 1.54) is 0 Å². The van der Waals surface area contributed by atoms with Gasteiger partial charge in [-0.1, -0.05) is 0 Å². The third kappa shape index (κ3) is 2.55. The van der Waals surface area contributed by atoms with E-state index in [1.807, 2.05) is 0 Å². The molecule has 1 aliphatic rings. The van der Waals surface area contributed by atoms with Gasteiger partial charge >= 0.3 is 6.18 Å². The lowest BCUT2D eigenvalue weighted by molar-refractivity contribution is -0.253. The van der Waals surface area contributed by atoms with Crippen molar-refractivity contribution in [1.29, 1.82) is 0 Å². The normalized spacial score (nSPS) is 27.1. The maximum Gasteiger partial charge on any atom is 0.419 e. The molecule has 1 heterocycles. The average molecular weight is 246 g/mol. The van der Waals surface area contributed by atoms with Crippen LogP contribution in [0.4, 0.5) is 13.2 Å². The highest BCUT2D eigenvalue weighted by atomic mass is 35.5. The summed E-state index contributed by atoms with van der Waals surface area (Å²) < 4.78 is 37.1. The second-order valence-corrected chi connectivity index (χ2v) is 3.91. The number of nitrogens with zero attached hydrogens (tertiary/aromatic N) is 1. The van der Waals surface area contributed by atoms with E-state index in [2.05, 4.69) is 0 Å². The molecule has 1 rings (SSSR count). The molecule has 1 aliphatic heterocycles. The number of carbonyl (C=O) groups is 1. The average Bonchev–Trinajstić information content (AvgIpc) is 2.48. The highest BCUT2D eigenvalue weighted by Gasteiger charge is 2.57. The molecule has 3 nitrogen and oxygen atoms in total. The molecule has 1 saturated heterocycles. The van der Waals surface area contributed by atoms with E-state index in [9.17, 15) is 23.1 Å². The first-order chi connectivity index (χ1) is 6.80. The SMILES string of the molecule is O=C(CCCl)N1CCC(O)(C(F)(F)F)C1. The fraction of sp³-hybridized carbons (Fsp3) is 0.875. The van der Waals surface area contributed by atoms with Crippen molar-refractivity contribution in [2.75, 3.05) is 19.0 Å². The fourth-order valence-electron chi connectivity index (χ4n) is 1.48. The smallest absolute Gasteiger partial charge is 0.379 e. The largest absolute Gasteiger partial charge is 0.419 e. The van der Waals surface area contributed by atoms with Gasteiger partial charge in [0.05, 0.1) is 6.54 Å². The quantitative estimate of drug-likeness (QED) is 0.742. The maximum atomic E-state index is 12.4. The molecule has 88 valence electrons. The van der Waals surface area contributed by atoms with Gasteiger partial charge in [0.1, 0.15) is 0 Å². The first-order valence-corrected chi connectivity index (χ1v) is 4.96. The van der Waals surface area contributed by atoms with E-state index in [0.29, 0.717) is 0 Å². The second kappa shape index (κ2) is 4.17. The van der Waals surface area contributed by atoms with Gasteiger partial charge in [-0.25, -0.2) is 0 Å². The van der Waals surface area contributed by atoms with Gasteiger partial charge in [-0.15, -0.1) is 11.6 Å². The summed E-state index contributed by atoms with van der Waals surface area (Å²) in [6.07, 6.45) is -5.16. The molecular formula is C8H11ClF3NO2. The van der Waals surface area contributed by atoms with Gasteiger partial charge < -0.3 is 10.0 Å². The number of hydrogen-bond donors (Lipinski definition) is 1.